The van der Waals surface area contributed by atoms with Gasteiger partial charge in [0.2, 0.25) is 0 Å². The summed E-state index contributed by atoms with van der Waals surface area (Å²) in [4.78, 5) is 0. The third-order valence-electron chi connectivity index (χ3n) is 2.58. The van der Waals surface area contributed by atoms with Crippen molar-refractivity contribution in [2.24, 2.45) is 7.05 Å². The molecule has 0 atom stereocenters. The SMILES string of the molecule is Cc1ccc(OCc2nnc(SCC#N)n2C)cc1. The van der Waals surface area contributed by atoms with E-state index in [4.69, 9.17) is 10.00 Å². The molecule has 2 rings (SSSR count). The fourth-order valence-corrected chi connectivity index (χ4v) is 2.07. The van der Waals surface area contributed by atoms with E-state index in [9.17, 15) is 0 Å². The summed E-state index contributed by atoms with van der Waals surface area (Å²) in [6.07, 6.45) is 0. The van der Waals surface area contributed by atoms with Gasteiger partial charge in [0.25, 0.3) is 0 Å². The molecule has 0 aliphatic rings. The molecule has 0 N–H and O–H groups in total. The summed E-state index contributed by atoms with van der Waals surface area (Å²) in [5.41, 5.74) is 1.20. The molecule has 98 valence electrons. The number of benzene rings is 1. The molecule has 19 heavy (non-hydrogen) atoms. The van der Waals surface area contributed by atoms with Crippen molar-refractivity contribution < 1.29 is 4.74 Å². The molecule has 1 aromatic carbocycles. The highest BCUT2D eigenvalue weighted by Crippen LogP contribution is 2.17. The quantitative estimate of drug-likeness (QED) is 0.783. The molecule has 0 unspecified atom stereocenters. The Morgan fingerprint density at radius 1 is 1.32 bits per heavy atom. The highest BCUT2D eigenvalue weighted by atomic mass is 32.2. The average Bonchev–Trinajstić information content (AvgIpc) is 2.77. The lowest BCUT2D eigenvalue weighted by Crippen LogP contribution is -2.04. The smallest absolute Gasteiger partial charge is 0.192 e. The third kappa shape index (κ3) is 3.48. The highest BCUT2D eigenvalue weighted by Gasteiger charge is 2.09. The van der Waals surface area contributed by atoms with Crippen LogP contribution in [-0.2, 0) is 13.7 Å². The Hall–Kier alpha value is -2.00. The zero-order chi connectivity index (χ0) is 13.7. The van der Waals surface area contributed by atoms with Crippen molar-refractivity contribution in [2.45, 2.75) is 18.7 Å². The molecule has 0 amide bonds. The number of aryl methyl sites for hydroxylation is 1. The Bertz CT molecular complexity index is 586. The first-order valence-corrected chi connectivity index (χ1v) is 6.76. The summed E-state index contributed by atoms with van der Waals surface area (Å²) in [5.74, 6) is 1.91. The van der Waals surface area contributed by atoms with Crippen LogP contribution >= 0.6 is 11.8 Å². The van der Waals surface area contributed by atoms with Gasteiger partial charge in [0.05, 0.1) is 11.8 Å². The molecule has 1 aromatic heterocycles. The summed E-state index contributed by atoms with van der Waals surface area (Å²) in [7, 11) is 1.87. The van der Waals surface area contributed by atoms with E-state index >= 15 is 0 Å². The van der Waals surface area contributed by atoms with E-state index in [2.05, 4.69) is 16.3 Å². The normalized spacial score (nSPS) is 10.2. The van der Waals surface area contributed by atoms with Gasteiger partial charge in [-0.15, -0.1) is 10.2 Å². The third-order valence-corrected chi connectivity index (χ3v) is 3.47. The van der Waals surface area contributed by atoms with Gasteiger partial charge in [-0.25, -0.2) is 0 Å². The molecule has 0 fully saturated rings. The second-order valence-electron chi connectivity index (χ2n) is 4.01. The van der Waals surface area contributed by atoms with Gasteiger partial charge in [-0.3, -0.25) is 0 Å². The minimum Gasteiger partial charge on any atom is -0.486 e. The molecule has 0 aliphatic carbocycles. The summed E-state index contributed by atoms with van der Waals surface area (Å²) in [5, 5.41) is 17.4. The Morgan fingerprint density at radius 2 is 2.05 bits per heavy atom. The Kier molecular flexibility index (Phi) is 4.42. The summed E-state index contributed by atoms with van der Waals surface area (Å²) >= 11 is 1.36. The number of rotatable bonds is 5. The van der Waals surface area contributed by atoms with Gasteiger partial charge in [0.15, 0.2) is 11.0 Å². The summed E-state index contributed by atoms with van der Waals surface area (Å²) in [6, 6.07) is 9.92. The van der Waals surface area contributed by atoms with E-state index in [1.165, 1.54) is 17.3 Å². The molecule has 6 heteroatoms. The largest absolute Gasteiger partial charge is 0.486 e. The first kappa shape index (κ1) is 13.4. The van der Waals surface area contributed by atoms with Crippen molar-refractivity contribution in [1.82, 2.24) is 14.8 Å². The van der Waals surface area contributed by atoms with E-state index in [-0.39, 0.29) is 0 Å². The Balaban J connectivity index is 1.98. The molecule has 0 radical (unpaired) electrons. The fraction of sp³-hybridized carbons (Fsp3) is 0.308. The minimum absolute atomic E-state index is 0.361. The monoisotopic (exact) mass is 274 g/mol. The summed E-state index contributed by atoms with van der Waals surface area (Å²) in [6.45, 7) is 2.39. The van der Waals surface area contributed by atoms with Crippen molar-refractivity contribution in [3.05, 3.63) is 35.7 Å². The van der Waals surface area contributed by atoms with E-state index in [1.54, 1.807) is 0 Å². The van der Waals surface area contributed by atoms with Crippen LogP contribution in [0.5, 0.6) is 5.75 Å². The second kappa shape index (κ2) is 6.25. The number of ether oxygens (including phenoxy) is 1. The van der Waals surface area contributed by atoms with Gasteiger partial charge in [0, 0.05) is 7.05 Å². The predicted molar refractivity (Wildman–Crippen MR) is 72.9 cm³/mol. The number of hydrogen-bond acceptors (Lipinski definition) is 5. The highest BCUT2D eigenvalue weighted by molar-refractivity contribution is 7.99. The number of hydrogen-bond donors (Lipinski definition) is 0. The van der Waals surface area contributed by atoms with E-state index in [1.807, 2.05) is 42.8 Å². The molecule has 1 heterocycles. The van der Waals surface area contributed by atoms with Crippen LogP contribution in [0.1, 0.15) is 11.4 Å². The maximum atomic E-state index is 8.55. The molecule has 2 aromatic rings. The fourth-order valence-electron chi connectivity index (χ4n) is 1.48. The van der Waals surface area contributed by atoms with Crippen molar-refractivity contribution in [3.63, 3.8) is 0 Å². The average molecular weight is 274 g/mol. The van der Waals surface area contributed by atoms with Crippen LogP contribution < -0.4 is 4.74 Å². The van der Waals surface area contributed by atoms with Crippen LogP contribution in [0.25, 0.3) is 0 Å². The van der Waals surface area contributed by atoms with Gasteiger partial charge < -0.3 is 9.30 Å². The zero-order valence-corrected chi connectivity index (χ0v) is 11.6. The van der Waals surface area contributed by atoms with Crippen LogP contribution in [0.3, 0.4) is 0 Å². The second-order valence-corrected chi connectivity index (χ2v) is 4.95. The van der Waals surface area contributed by atoms with Gasteiger partial charge in [-0.2, -0.15) is 5.26 Å². The van der Waals surface area contributed by atoms with E-state index in [0.29, 0.717) is 12.4 Å². The van der Waals surface area contributed by atoms with Gasteiger partial charge >= 0.3 is 0 Å². The topological polar surface area (TPSA) is 63.7 Å². The maximum Gasteiger partial charge on any atom is 0.192 e. The van der Waals surface area contributed by atoms with Crippen molar-refractivity contribution in [2.75, 3.05) is 5.75 Å². The predicted octanol–water partition coefficient (Wildman–Crippen LogP) is 2.32. The standard InChI is InChI=1S/C13H14N4OS/c1-10-3-5-11(6-4-10)18-9-12-15-16-13(17(12)2)19-8-7-14/h3-6H,8-9H2,1-2H3. The van der Waals surface area contributed by atoms with Crippen molar-refractivity contribution in [1.29, 1.82) is 5.26 Å². The molecule has 0 saturated carbocycles. The van der Waals surface area contributed by atoms with Gasteiger partial charge in [-0.05, 0) is 19.1 Å². The van der Waals surface area contributed by atoms with Gasteiger partial charge in [0.1, 0.15) is 12.4 Å². The number of nitrogens with zero attached hydrogens (tertiary/aromatic N) is 4. The van der Waals surface area contributed by atoms with Crippen LogP contribution in [0.15, 0.2) is 29.4 Å². The number of aromatic nitrogens is 3. The number of thioether (sulfide) groups is 1. The lowest BCUT2D eigenvalue weighted by Gasteiger charge is -2.06. The van der Waals surface area contributed by atoms with Crippen LogP contribution in [0, 0.1) is 18.3 Å². The molecule has 0 aliphatic heterocycles. The maximum absolute atomic E-state index is 8.55. The first-order chi connectivity index (χ1) is 9.20. The zero-order valence-electron chi connectivity index (χ0n) is 10.8. The molecule has 0 bridgehead atoms. The van der Waals surface area contributed by atoms with Crippen LogP contribution in [0.2, 0.25) is 0 Å². The number of nitriles is 1. The lowest BCUT2D eigenvalue weighted by atomic mass is 10.2. The summed E-state index contributed by atoms with van der Waals surface area (Å²) < 4.78 is 7.49. The van der Waals surface area contributed by atoms with Crippen molar-refractivity contribution >= 4 is 11.8 Å². The molecular formula is C13H14N4OS. The molecule has 0 spiro atoms. The van der Waals surface area contributed by atoms with Crippen LogP contribution in [-0.4, -0.2) is 20.5 Å². The molecule has 5 nitrogen and oxygen atoms in total. The van der Waals surface area contributed by atoms with E-state index in [0.717, 1.165) is 16.7 Å². The molecular weight excluding hydrogens is 260 g/mol. The van der Waals surface area contributed by atoms with Crippen LogP contribution in [0.4, 0.5) is 0 Å². The molecule has 0 saturated heterocycles. The minimum atomic E-state index is 0.361. The van der Waals surface area contributed by atoms with Crippen molar-refractivity contribution in [3.8, 4) is 11.8 Å². The van der Waals surface area contributed by atoms with E-state index < -0.39 is 0 Å². The Morgan fingerprint density at radius 3 is 2.74 bits per heavy atom. The first-order valence-electron chi connectivity index (χ1n) is 5.78. The van der Waals surface area contributed by atoms with Gasteiger partial charge in [-0.1, -0.05) is 29.5 Å². The Labute approximate surface area is 116 Å². The lowest BCUT2D eigenvalue weighted by molar-refractivity contribution is 0.290.